The average molecular weight is 367 g/mol. The van der Waals surface area contributed by atoms with E-state index in [1.165, 1.54) is 32.1 Å². The molecule has 0 radical (unpaired) electrons. The largest absolute Gasteiger partial charge is 0.459 e. The average Bonchev–Trinajstić information content (AvgIpc) is 2.98. The number of carbonyl (C=O) groups excluding carboxylic acids is 1. The number of hydrogen-bond acceptors (Lipinski definition) is 2. The van der Waals surface area contributed by atoms with Gasteiger partial charge in [-0.15, -0.1) is 0 Å². The first-order valence-electron chi connectivity index (χ1n) is 8.63. The molecule has 5 atom stereocenters. The molecule has 2 nitrogen and oxygen atoms in total. The van der Waals surface area contributed by atoms with Gasteiger partial charge in [0.05, 0.1) is 0 Å². The monoisotopic (exact) mass is 366 g/mol. The van der Waals surface area contributed by atoms with Crippen LogP contribution in [0, 0.1) is 23.2 Å². The molecule has 1 aliphatic heterocycles. The summed E-state index contributed by atoms with van der Waals surface area (Å²) in [5, 5.41) is 0. The Kier molecular flexibility index (Phi) is 4.55. The number of ether oxygens (including phenoxy) is 1. The van der Waals surface area contributed by atoms with Crippen molar-refractivity contribution in [3.05, 3.63) is 22.7 Å². The molecule has 0 N–H and O–H groups in total. The van der Waals surface area contributed by atoms with Gasteiger partial charge in [-0.05, 0) is 66.7 Å². The van der Waals surface area contributed by atoms with Crippen molar-refractivity contribution in [1.82, 2.24) is 0 Å². The van der Waals surface area contributed by atoms with E-state index in [1.54, 1.807) is 5.57 Å². The molecule has 0 amide bonds. The molecule has 2 aliphatic carbocycles. The number of rotatable bonds is 3. The molecule has 0 aromatic heterocycles. The maximum atomic E-state index is 11.5. The maximum Gasteiger partial charge on any atom is 0.333 e. The van der Waals surface area contributed by atoms with Crippen molar-refractivity contribution in [1.29, 1.82) is 0 Å². The van der Waals surface area contributed by atoms with Crippen molar-refractivity contribution < 1.29 is 9.53 Å². The van der Waals surface area contributed by atoms with Crippen molar-refractivity contribution in [3.63, 3.8) is 0 Å². The SMILES string of the molecule is C=C1C[C@H](C[C@@H](C)[C@H]2CC[C@H]3/C(=C/Br)CCC[C@]23C)OC1=O. The second-order valence-corrected chi connectivity index (χ2v) is 8.29. The van der Waals surface area contributed by atoms with E-state index in [0.717, 1.165) is 24.7 Å². The highest BCUT2D eigenvalue weighted by atomic mass is 79.9. The summed E-state index contributed by atoms with van der Waals surface area (Å²) >= 11 is 3.58. The molecule has 1 heterocycles. The Morgan fingerprint density at radius 2 is 2.27 bits per heavy atom. The van der Waals surface area contributed by atoms with Crippen LogP contribution in [-0.4, -0.2) is 12.1 Å². The zero-order valence-electron chi connectivity index (χ0n) is 13.7. The second-order valence-electron chi connectivity index (χ2n) is 7.83. The summed E-state index contributed by atoms with van der Waals surface area (Å²) in [5.41, 5.74) is 2.69. The lowest BCUT2D eigenvalue weighted by molar-refractivity contribution is -0.139. The minimum Gasteiger partial charge on any atom is -0.459 e. The summed E-state index contributed by atoms with van der Waals surface area (Å²) in [6.07, 6.45) is 8.32. The molecule has 122 valence electrons. The van der Waals surface area contributed by atoms with Crippen LogP contribution >= 0.6 is 15.9 Å². The lowest BCUT2D eigenvalue weighted by Gasteiger charge is -2.44. The summed E-state index contributed by atoms with van der Waals surface area (Å²) in [4.78, 5) is 13.7. The molecule has 0 aromatic rings. The first-order valence-corrected chi connectivity index (χ1v) is 9.55. The molecule has 2 saturated carbocycles. The molecule has 0 aromatic carbocycles. The number of hydrogen-bond donors (Lipinski definition) is 0. The third-order valence-corrected chi connectivity index (χ3v) is 7.12. The molecule has 3 aliphatic rings. The van der Waals surface area contributed by atoms with Crippen molar-refractivity contribution in [2.45, 2.75) is 64.9 Å². The Balaban J connectivity index is 1.69. The minimum absolute atomic E-state index is 0.0624. The lowest BCUT2D eigenvalue weighted by atomic mass is 9.61. The zero-order valence-corrected chi connectivity index (χ0v) is 15.3. The Labute approximate surface area is 142 Å². The summed E-state index contributed by atoms with van der Waals surface area (Å²) in [7, 11) is 0. The fraction of sp³-hybridized carbons (Fsp3) is 0.737. The highest BCUT2D eigenvalue weighted by molar-refractivity contribution is 9.11. The fourth-order valence-corrected chi connectivity index (χ4v) is 6.04. The van der Waals surface area contributed by atoms with Crippen LogP contribution in [0.15, 0.2) is 22.7 Å². The standard InChI is InChI=1S/C19H27BrO2/c1-12(9-15-10-13(2)18(21)22-15)16-6-7-17-14(11-20)5-4-8-19(16,17)3/h11-12,15-17H,2,4-10H2,1,3H3/b14-11+/t12-,15+,16-,17+,19-/m1/s1. The van der Waals surface area contributed by atoms with Crippen LogP contribution in [-0.2, 0) is 9.53 Å². The Hall–Kier alpha value is -0.570. The van der Waals surface area contributed by atoms with Crippen LogP contribution in [0.5, 0.6) is 0 Å². The second kappa shape index (κ2) is 6.14. The maximum absolute atomic E-state index is 11.5. The van der Waals surface area contributed by atoms with Gasteiger partial charge in [-0.25, -0.2) is 4.79 Å². The number of carbonyl (C=O) groups is 1. The van der Waals surface area contributed by atoms with Crippen molar-refractivity contribution >= 4 is 21.9 Å². The molecule has 22 heavy (non-hydrogen) atoms. The Morgan fingerprint density at radius 3 is 2.91 bits per heavy atom. The number of cyclic esters (lactones) is 1. The van der Waals surface area contributed by atoms with Gasteiger partial charge in [0, 0.05) is 12.0 Å². The molecular formula is C19H27BrO2. The molecule has 0 bridgehead atoms. The van der Waals surface area contributed by atoms with Crippen LogP contribution in [0.4, 0.5) is 0 Å². The number of halogens is 1. The topological polar surface area (TPSA) is 26.3 Å². The normalized spacial score (nSPS) is 41.6. The van der Waals surface area contributed by atoms with E-state index in [4.69, 9.17) is 4.74 Å². The molecule has 0 spiro atoms. The zero-order chi connectivity index (χ0) is 15.9. The van der Waals surface area contributed by atoms with Crippen LogP contribution in [0.25, 0.3) is 0 Å². The third kappa shape index (κ3) is 2.70. The van der Waals surface area contributed by atoms with E-state index < -0.39 is 0 Å². The lowest BCUT2D eigenvalue weighted by Crippen LogP contribution is -2.36. The number of fused-ring (bicyclic) bond motifs is 1. The predicted octanol–water partition coefficient (Wildman–Crippen LogP) is 5.38. The summed E-state index contributed by atoms with van der Waals surface area (Å²) in [5.74, 6) is 1.91. The number of allylic oxidation sites excluding steroid dienone is 1. The van der Waals surface area contributed by atoms with Crippen LogP contribution < -0.4 is 0 Å². The van der Waals surface area contributed by atoms with E-state index in [9.17, 15) is 4.79 Å². The van der Waals surface area contributed by atoms with Crippen molar-refractivity contribution in [2.75, 3.05) is 0 Å². The van der Waals surface area contributed by atoms with Crippen LogP contribution in [0.3, 0.4) is 0 Å². The van der Waals surface area contributed by atoms with Crippen LogP contribution in [0.1, 0.15) is 58.8 Å². The first-order chi connectivity index (χ1) is 10.5. The van der Waals surface area contributed by atoms with Crippen LogP contribution in [0.2, 0.25) is 0 Å². The van der Waals surface area contributed by atoms with E-state index in [2.05, 4.69) is 41.3 Å². The van der Waals surface area contributed by atoms with Crippen molar-refractivity contribution in [2.24, 2.45) is 23.2 Å². The quantitative estimate of drug-likeness (QED) is 0.495. The van der Waals surface area contributed by atoms with Gasteiger partial charge in [-0.2, -0.15) is 0 Å². The van der Waals surface area contributed by atoms with Gasteiger partial charge in [0.1, 0.15) is 6.10 Å². The van der Waals surface area contributed by atoms with E-state index in [-0.39, 0.29) is 12.1 Å². The van der Waals surface area contributed by atoms with Gasteiger partial charge in [0.25, 0.3) is 0 Å². The smallest absolute Gasteiger partial charge is 0.333 e. The van der Waals surface area contributed by atoms with Gasteiger partial charge in [0.2, 0.25) is 0 Å². The fourth-order valence-electron chi connectivity index (χ4n) is 5.49. The van der Waals surface area contributed by atoms with Gasteiger partial charge in [-0.1, -0.05) is 41.9 Å². The van der Waals surface area contributed by atoms with Gasteiger partial charge < -0.3 is 4.74 Å². The predicted molar refractivity (Wildman–Crippen MR) is 92.6 cm³/mol. The van der Waals surface area contributed by atoms with Gasteiger partial charge >= 0.3 is 5.97 Å². The summed E-state index contributed by atoms with van der Waals surface area (Å²) in [6.45, 7) is 8.66. The van der Waals surface area contributed by atoms with Gasteiger partial charge in [-0.3, -0.25) is 0 Å². The highest BCUT2D eigenvalue weighted by Crippen LogP contribution is 2.60. The Morgan fingerprint density at radius 1 is 1.50 bits per heavy atom. The Bertz CT molecular complexity index is 494. The molecule has 0 unspecified atom stereocenters. The summed E-state index contributed by atoms with van der Waals surface area (Å²) in [6, 6.07) is 0. The molecule has 3 rings (SSSR count). The molecule has 1 saturated heterocycles. The van der Waals surface area contributed by atoms with E-state index >= 15 is 0 Å². The van der Waals surface area contributed by atoms with Gasteiger partial charge in [0.15, 0.2) is 0 Å². The van der Waals surface area contributed by atoms with Crippen molar-refractivity contribution in [3.8, 4) is 0 Å². The minimum atomic E-state index is -0.185. The van der Waals surface area contributed by atoms with E-state index in [0.29, 0.717) is 16.9 Å². The number of esters is 1. The molecule has 3 heteroatoms. The summed E-state index contributed by atoms with van der Waals surface area (Å²) < 4.78 is 5.46. The molecule has 3 fully saturated rings. The highest BCUT2D eigenvalue weighted by Gasteiger charge is 2.51. The first kappa shape index (κ1) is 16.3. The van der Waals surface area contributed by atoms with E-state index in [1.807, 2.05) is 0 Å². The molecular weight excluding hydrogens is 340 g/mol. The third-order valence-electron chi connectivity index (χ3n) is 6.54.